The predicted molar refractivity (Wildman–Crippen MR) is 45.4 cm³/mol. The molecule has 0 aliphatic carbocycles. The van der Waals surface area contributed by atoms with Gasteiger partial charge < -0.3 is 0 Å². The summed E-state index contributed by atoms with van der Waals surface area (Å²) in [6, 6.07) is 3.99. The number of halogens is 1. The molecule has 0 atom stereocenters. The molecule has 0 spiro atoms. The van der Waals surface area contributed by atoms with Gasteiger partial charge in [0.25, 0.3) is 0 Å². The standard InChI is InChI=1S/C7H6BrN3/c1-5-2-3-6(8)7-10-9-4-11(5)7/h2-4H,1H3. The van der Waals surface area contributed by atoms with Crippen molar-refractivity contribution in [3.05, 3.63) is 28.6 Å². The van der Waals surface area contributed by atoms with Crippen LogP contribution in [0.4, 0.5) is 0 Å². The van der Waals surface area contributed by atoms with Gasteiger partial charge in [-0.1, -0.05) is 0 Å². The molecule has 0 saturated heterocycles. The number of nitrogens with zero attached hydrogens (tertiary/aromatic N) is 3. The van der Waals surface area contributed by atoms with Gasteiger partial charge >= 0.3 is 0 Å². The number of pyridine rings is 1. The zero-order chi connectivity index (χ0) is 7.84. The van der Waals surface area contributed by atoms with Crippen molar-refractivity contribution in [1.29, 1.82) is 0 Å². The van der Waals surface area contributed by atoms with Gasteiger partial charge in [-0.2, -0.15) is 0 Å². The van der Waals surface area contributed by atoms with E-state index in [9.17, 15) is 0 Å². The first-order chi connectivity index (χ1) is 5.29. The summed E-state index contributed by atoms with van der Waals surface area (Å²) in [7, 11) is 0. The first-order valence-electron chi connectivity index (χ1n) is 3.24. The van der Waals surface area contributed by atoms with E-state index in [1.54, 1.807) is 6.33 Å². The monoisotopic (exact) mass is 211 g/mol. The minimum Gasteiger partial charge on any atom is -0.285 e. The predicted octanol–water partition coefficient (Wildman–Crippen LogP) is 1.80. The molecule has 0 aliphatic rings. The molecule has 3 nitrogen and oxygen atoms in total. The highest BCUT2D eigenvalue weighted by molar-refractivity contribution is 9.10. The van der Waals surface area contributed by atoms with Crippen molar-refractivity contribution in [3.8, 4) is 0 Å². The molecule has 0 bridgehead atoms. The maximum atomic E-state index is 3.95. The molecular weight excluding hydrogens is 206 g/mol. The van der Waals surface area contributed by atoms with Crippen molar-refractivity contribution >= 4 is 21.6 Å². The second kappa shape index (κ2) is 2.30. The lowest BCUT2D eigenvalue weighted by Crippen LogP contribution is -1.88. The number of hydrogen-bond acceptors (Lipinski definition) is 2. The SMILES string of the molecule is Cc1ccc(Br)c2nncn12. The maximum Gasteiger partial charge on any atom is 0.175 e. The largest absolute Gasteiger partial charge is 0.285 e. The maximum absolute atomic E-state index is 3.95. The highest BCUT2D eigenvalue weighted by Crippen LogP contribution is 2.16. The average Bonchev–Trinajstić information content (AvgIpc) is 2.45. The van der Waals surface area contributed by atoms with E-state index in [1.165, 1.54) is 0 Å². The van der Waals surface area contributed by atoms with E-state index >= 15 is 0 Å². The summed E-state index contributed by atoms with van der Waals surface area (Å²) in [4.78, 5) is 0. The van der Waals surface area contributed by atoms with E-state index in [0.717, 1.165) is 15.8 Å². The van der Waals surface area contributed by atoms with Crippen molar-refractivity contribution < 1.29 is 0 Å². The summed E-state index contributed by atoms with van der Waals surface area (Å²) in [5, 5.41) is 7.75. The normalized spacial score (nSPS) is 10.7. The number of hydrogen-bond donors (Lipinski definition) is 0. The smallest absolute Gasteiger partial charge is 0.175 e. The topological polar surface area (TPSA) is 30.2 Å². The zero-order valence-corrected chi connectivity index (χ0v) is 7.54. The minimum atomic E-state index is 0.866. The van der Waals surface area contributed by atoms with Crippen LogP contribution in [0.3, 0.4) is 0 Å². The highest BCUT2D eigenvalue weighted by Gasteiger charge is 2.00. The summed E-state index contributed by atoms with van der Waals surface area (Å²) in [5.41, 5.74) is 2.00. The van der Waals surface area contributed by atoms with Crippen LogP contribution in [0.15, 0.2) is 22.9 Å². The lowest BCUT2D eigenvalue weighted by atomic mass is 10.4. The third kappa shape index (κ3) is 0.939. The van der Waals surface area contributed by atoms with Gasteiger partial charge in [0.1, 0.15) is 6.33 Å². The summed E-state index contributed by atoms with van der Waals surface area (Å²) < 4.78 is 2.91. The lowest BCUT2D eigenvalue weighted by molar-refractivity contribution is 1.07. The Hall–Kier alpha value is -0.900. The van der Waals surface area contributed by atoms with Crippen molar-refractivity contribution in [2.75, 3.05) is 0 Å². The van der Waals surface area contributed by atoms with Crippen molar-refractivity contribution in [2.24, 2.45) is 0 Å². The Morgan fingerprint density at radius 3 is 3.00 bits per heavy atom. The van der Waals surface area contributed by atoms with E-state index in [2.05, 4.69) is 26.1 Å². The molecule has 0 unspecified atom stereocenters. The molecule has 0 fully saturated rings. The van der Waals surface area contributed by atoms with Crippen molar-refractivity contribution in [3.63, 3.8) is 0 Å². The molecule has 2 heterocycles. The van der Waals surface area contributed by atoms with Crippen LogP contribution in [-0.2, 0) is 0 Å². The van der Waals surface area contributed by atoms with E-state index < -0.39 is 0 Å². The third-order valence-corrected chi connectivity index (χ3v) is 2.23. The van der Waals surface area contributed by atoms with E-state index in [-0.39, 0.29) is 0 Å². The Bertz CT molecular complexity index is 357. The number of aromatic nitrogens is 3. The van der Waals surface area contributed by atoms with Gasteiger partial charge in [0.15, 0.2) is 5.65 Å². The second-order valence-corrected chi connectivity index (χ2v) is 3.20. The molecule has 0 amide bonds. The molecule has 0 radical (unpaired) electrons. The first-order valence-corrected chi connectivity index (χ1v) is 4.03. The lowest BCUT2D eigenvalue weighted by Gasteiger charge is -1.97. The van der Waals surface area contributed by atoms with E-state index in [1.807, 2.05) is 23.5 Å². The van der Waals surface area contributed by atoms with Gasteiger partial charge in [-0.15, -0.1) is 10.2 Å². The summed E-state index contributed by atoms with van der Waals surface area (Å²) in [5.74, 6) is 0. The number of rotatable bonds is 0. The molecule has 0 aliphatic heterocycles. The highest BCUT2D eigenvalue weighted by atomic mass is 79.9. The number of fused-ring (bicyclic) bond motifs is 1. The van der Waals surface area contributed by atoms with Crippen LogP contribution in [0.2, 0.25) is 0 Å². The molecule has 2 aromatic heterocycles. The van der Waals surface area contributed by atoms with E-state index in [4.69, 9.17) is 0 Å². The second-order valence-electron chi connectivity index (χ2n) is 2.35. The molecule has 56 valence electrons. The van der Waals surface area contributed by atoms with Crippen LogP contribution >= 0.6 is 15.9 Å². The van der Waals surface area contributed by atoms with Crippen LogP contribution in [0.1, 0.15) is 5.69 Å². The van der Waals surface area contributed by atoms with Gasteiger partial charge in [-0.25, -0.2) is 0 Å². The van der Waals surface area contributed by atoms with E-state index in [0.29, 0.717) is 0 Å². The average molecular weight is 212 g/mol. The Kier molecular flexibility index (Phi) is 1.42. The number of aryl methyl sites for hydroxylation is 1. The minimum absolute atomic E-state index is 0.866. The summed E-state index contributed by atoms with van der Waals surface area (Å²) in [6.07, 6.45) is 1.70. The van der Waals surface area contributed by atoms with Crippen LogP contribution in [0.5, 0.6) is 0 Å². The fourth-order valence-electron chi connectivity index (χ4n) is 1.00. The molecule has 2 aromatic rings. The molecule has 4 heteroatoms. The van der Waals surface area contributed by atoms with Gasteiger partial charge in [-0.3, -0.25) is 4.40 Å². The Morgan fingerprint density at radius 1 is 1.45 bits per heavy atom. The van der Waals surface area contributed by atoms with Crippen molar-refractivity contribution in [2.45, 2.75) is 6.92 Å². The Labute approximate surface area is 72.2 Å². The molecule has 0 saturated carbocycles. The zero-order valence-electron chi connectivity index (χ0n) is 5.95. The quantitative estimate of drug-likeness (QED) is 0.666. The molecule has 2 rings (SSSR count). The molecule has 0 aromatic carbocycles. The Morgan fingerprint density at radius 2 is 2.27 bits per heavy atom. The van der Waals surface area contributed by atoms with Crippen molar-refractivity contribution in [1.82, 2.24) is 14.6 Å². The molecular formula is C7H6BrN3. The summed E-state index contributed by atoms with van der Waals surface area (Å²) in [6.45, 7) is 2.02. The Balaban J connectivity index is 2.96. The van der Waals surface area contributed by atoms with Gasteiger partial charge in [0.2, 0.25) is 0 Å². The van der Waals surface area contributed by atoms with Crippen LogP contribution < -0.4 is 0 Å². The third-order valence-electron chi connectivity index (χ3n) is 1.61. The van der Waals surface area contributed by atoms with Crippen LogP contribution in [0, 0.1) is 6.92 Å². The van der Waals surface area contributed by atoms with Gasteiger partial charge in [0.05, 0.1) is 4.47 Å². The summed E-state index contributed by atoms with van der Waals surface area (Å²) >= 11 is 3.39. The van der Waals surface area contributed by atoms with Crippen LogP contribution in [-0.4, -0.2) is 14.6 Å². The molecule has 11 heavy (non-hydrogen) atoms. The first kappa shape index (κ1) is 6.79. The molecule has 0 N–H and O–H groups in total. The van der Waals surface area contributed by atoms with Gasteiger partial charge in [-0.05, 0) is 35.0 Å². The fourth-order valence-corrected chi connectivity index (χ4v) is 1.41. The van der Waals surface area contributed by atoms with Crippen LogP contribution in [0.25, 0.3) is 5.65 Å². The van der Waals surface area contributed by atoms with Gasteiger partial charge in [0, 0.05) is 5.69 Å². The fraction of sp³-hybridized carbons (Fsp3) is 0.143.